The van der Waals surface area contributed by atoms with Crippen LogP contribution < -0.4 is 15.7 Å². The van der Waals surface area contributed by atoms with Gasteiger partial charge < -0.3 is 14.5 Å². The Labute approximate surface area is 167 Å². The van der Waals surface area contributed by atoms with Crippen LogP contribution in [-0.4, -0.2) is 12.5 Å². The fourth-order valence-corrected chi connectivity index (χ4v) is 3.27. The second kappa shape index (κ2) is 8.52. The number of aryl methyl sites for hydroxylation is 1. The predicted molar refractivity (Wildman–Crippen MR) is 105 cm³/mol. The lowest BCUT2D eigenvalue weighted by atomic mass is 10.1. The number of anilines is 1. The van der Waals surface area contributed by atoms with Gasteiger partial charge >= 0.3 is 5.63 Å². The largest absolute Gasteiger partial charge is 0.484 e. The second-order valence-corrected chi connectivity index (χ2v) is 6.93. The number of hydrogen-bond acceptors (Lipinski definition) is 4. The summed E-state index contributed by atoms with van der Waals surface area (Å²) in [6.07, 6.45) is 1.62. The average molecular weight is 452 g/mol. The summed E-state index contributed by atoms with van der Waals surface area (Å²) in [5.74, 6) is -1.99. The zero-order valence-corrected chi connectivity index (χ0v) is 16.4. The lowest BCUT2D eigenvalue weighted by molar-refractivity contribution is -0.118. The monoisotopic (exact) mass is 451 g/mol. The van der Waals surface area contributed by atoms with Crippen molar-refractivity contribution in [3.63, 3.8) is 0 Å². The topological polar surface area (TPSA) is 68.5 Å². The molecule has 0 aliphatic heterocycles. The molecule has 0 fully saturated rings. The van der Waals surface area contributed by atoms with Crippen LogP contribution in [0, 0.1) is 11.6 Å². The van der Waals surface area contributed by atoms with Crippen LogP contribution in [0.5, 0.6) is 5.75 Å². The Kier molecular flexibility index (Phi) is 6.08. The summed E-state index contributed by atoms with van der Waals surface area (Å²) >= 11 is 3.00. The van der Waals surface area contributed by atoms with Crippen molar-refractivity contribution in [2.45, 2.75) is 19.8 Å². The molecule has 0 aliphatic carbocycles. The fourth-order valence-electron chi connectivity index (χ4n) is 2.76. The standard InChI is InChI=1S/C20H16BrF2NO4/c1-2-3-11-6-19(26)28-17-9-13(4-5-14(11)17)27-10-18(25)24-20-15(21)7-12(22)8-16(20)23/h4-9H,2-3,10H2,1H3,(H,24,25). The summed E-state index contributed by atoms with van der Waals surface area (Å²) in [4.78, 5) is 23.8. The third-order valence-corrected chi connectivity index (χ3v) is 4.59. The normalized spacial score (nSPS) is 10.9. The number of amides is 1. The van der Waals surface area contributed by atoms with E-state index in [0.29, 0.717) is 17.4 Å². The molecule has 0 radical (unpaired) electrons. The lowest BCUT2D eigenvalue weighted by Crippen LogP contribution is -2.21. The van der Waals surface area contributed by atoms with Crippen LogP contribution in [0.15, 0.2) is 50.1 Å². The minimum absolute atomic E-state index is 0.0780. The molecular formula is C20H16BrF2NO4. The summed E-state index contributed by atoms with van der Waals surface area (Å²) < 4.78 is 37.6. The van der Waals surface area contributed by atoms with E-state index in [9.17, 15) is 18.4 Å². The maximum atomic E-state index is 13.8. The minimum Gasteiger partial charge on any atom is -0.484 e. The van der Waals surface area contributed by atoms with Gasteiger partial charge in [-0.1, -0.05) is 13.3 Å². The van der Waals surface area contributed by atoms with Crippen LogP contribution in [-0.2, 0) is 11.2 Å². The van der Waals surface area contributed by atoms with Crippen LogP contribution in [0.4, 0.5) is 14.5 Å². The Bertz CT molecular complexity index is 1070. The molecule has 28 heavy (non-hydrogen) atoms. The van der Waals surface area contributed by atoms with Crippen molar-refractivity contribution >= 4 is 38.5 Å². The van der Waals surface area contributed by atoms with E-state index in [1.54, 1.807) is 12.1 Å². The zero-order chi connectivity index (χ0) is 20.3. The van der Waals surface area contributed by atoms with Gasteiger partial charge in [-0.25, -0.2) is 13.6 Å². The van der Waals surface area contributed by atoms with Gasteiger partial charge in [0.15, 0.2) is 12.4 Å². The number of rotatable bonds is 6. The van der Waals surface area contributed by atoms with Gasteiger partial charge in [0.1, 0.15) is 17.1 Å². The molecule has 1 heterocycles. The minimum atomic E-state index is -0.906. The Hall–Kier alpha value is -2.74. The highest BCUT2D eigenvalue weighted by Gasteiger charge is 2.14. The molecule has 0 bridgehead atoms. The smallest absolute Gasteiger partial charge is 0.336 e. The molecule has 3 aromatic rings. The Morgan fingerprint density at radius 2 is 2.00 bits per heavy atom. The number of carbonyl (C=O) groups excluding carboxylic acids is 1. The third-order valence-electron chi connectivity index (χ3n) is 3.96. The number of carbonyl (C=O) groups is 1. The van der Waals surface area contributed by atoms with Crippen molar-refractivity contribution in [2.75, 3.05) is 11.9 Å². The maximum absolute atomic E-state index is 13.8. The van der Waals surface area contributed by atoms with Gasteiger partial charge in [-0.2, -0.15) is 0 Å². The number of halogens is 3. The number of benzene rings is 2. The third kappa shape index (κ3) is 4.56. The number of ether oxygens (including phenoxy) is 1. The molecule has 3 rings (SSSR count). The van der Waals surface area contributed by atoms with Gasteiger partial charge in [0.25, 0.3) is 5.91 Å². The van der Waals surface area contributed by atoms with Crippen molar-refractivity contribution in [2.24, 2.45) is 0 Å². The molecular weight excluding hydrogens is 436 g/mol. The summed E-state index contributed by atoms with van der Waals surface area (Å²) in [5, 5.41) is 3.12. The first-order valence-electron chi connectivity index (χ1n) is 8.51. The molecule has 0 atom stereocenters. The number of nitrogens with one attached hydrogen (secondary N) is 1. The van der Waals surface area contributed by atoms with Crippen LogP contribution >= 0.6 is 15.9 Å². The van der Waals surface area contributed by atoms with E-state index >= 15 is 0 Å². The van der Waals surface area contributed by atoms with E-state index in [1.165, 1.54) is 12.1 Å². The van der Waals surface area contributed by atoms with Crippen molar-refractivity contribution in [3.8, 4) is 5.75 Å². The molecule has 0 spiro atoms. The molecule has 2 aromatic carbocycles. The quantitative estimate of drug-likeness (QED) is 0.546. The van der Waals surface area contributed by atoms with E-state index in [2.05, 4.69) is 21.2 Å². The first kappa shape index (κ1) is 20.0. The predicted octanol–water partition coefficient (Wildman–Crippen LogP) is 4.80. The van der Waals surface area contributed by atoms with Crippen molar-refractivity contribution in [1.82, 2.24) is 0 Å². The molecule has 1 amide bonds. The lowest BCUT2D eigenvalue weighted by Gasteiger charge is -2.11. The van der Waals surface area contributed by atoms with Gasteiger partial charge in [0, 0.05) is 28.1 Å². The van der Waals surface area contributed by atoms with E-state index in [4.69, 9.17) is 9.15 Å². The van der Waals surface area contributed by atoms with Gasteiger partial charge in [0.2, 0.25) is 0 Å². The molecule has 0 unspecified atom stereocenters. The van der Waals surface area contributed by atoms with Gasteiger partial charge in [-0.05, 0) is 46.1 Å². The SMILES string of the molecule is CCCc1cc(=O)oc2cc(OCC(=O)Nc3c(F)cc(F)cc3Br)ccc12. The van der Waals surface area contributed by atoms with E-state index < -0.39 is 29.8 Å². The van der Waals surface area contributed by atoms with E-state index in [1.807, 2.05) is 6.92 Å². The molecule has 146 valence electrons. The van der Waals surface area contributed by atoms with Crippen molar-refractivity contribution < 1.29 is 22.7 Å². The Balaban J connectivity index is 1.73. The Morgan fingerprint density at radius 1 is 1.21 bits per heavy atom. The van der Waals surface area contributed by atoms with E-state index in [0.717, 1.165) is 29.9 Å². The van der Waals surface area contributed by atoms with Gasteiger partial charge in [-0.3, -0.25) is 4.79 Å². The highest BCUT2D eigenvalue weighted by Crippen LogP contribution is 2.27. The number of fused-ring (bicyclic) bond motifs is 1. The van der Waals surface area contributed by atoms with Crippen molar-refractivity contribution in [1.29, 1.82) is 0 Å². The number of hydrogen-bond donors (Lipinski definition) is 1. The molecule has 8 heteroatoms. The molecule has 1 N–H and O–H groups in total. The van der Waals surface area contributed by atoms with E-state index in [-0.39, 0.29) is 10.2 Å². The van der Waals surface area contributed by atoms with Crippen LogP contribution in [0.2, 0.25) is 0 Å². The Morgan fingerprint density at radius 3 is 2.71 bits per heavy atom. The first-order valence-corrected chi connectivity index (χ1v) is 9.30. The molecule has 0 saturated heterocycles. The van der Waals surface area contributed by atoms with Crippen molar-refractivity contribution in [3.05, 3.63) is 68.5 Å². The van der Waals surface area contributed by atoms with Crippen LogP contribution in [0.3, 0.4) is 0 Å². The molecule has 0 saturated carbocycles. The fraction of sp³-hybridized carbons (Fsp3) is 0.200. The summed E-state index contributed by atoms with van der Waals surface area (Å²) in [6, 6.07) is 8.11. The second-order valence-electron chi connectivity index (χ2n) is 6.08. The first-order chi connectivity index (χ1) is 13.4. The molecule has 1 aromatic heterocycles. The highest BCUT2D eigenvalue weighted by molar-refractivity contribution is 9.10. The van der Waals surface area contributed by atoms with Crippen LogP contribution in [0.25, 0.3) is 11.0 Å². The zero-order valence-electron chi connectivity index (χ0n) is 14.9. The molecule has 0 aliphatic rings. The van der Waals surface area contributed by atoms with Crippen LogP contribution in [0.1, 0.15) is 18.9 Å². The molecule has 5 nitrogen and oxygen atoms in total. The summed E-state index contributed by atoms with van der Waals surface area (Å²) in [5.41, 5.74) is 0.613. The maximum Gasteiger partial charge on any atom is 0.336 e. The van der Waals surface area contributed by atoms with Gasteiger partial charge in [0.05, 0.1) is 5.69 Å². The summed E-state index contributed by atoms with van der Waals surface area (Å²) in [7, 11) is 0. The highest BCUT2D eigenvalue weighted by atomic mass is 79.9. The summed E-state index contributed by atoms with van der Waals surface area (Å²) in [6.45, 7) is 1.60. The van der Waals surface area contributed by atoms with Gasteiger partial charge in [-0.15, -0.1) is 0 Å². The average Bonchev–Trinajstić information content (AvgIpc) is 2.62.